The molecule has 0 bridgehead atoms. The highest BCUT2D eigenvalue weighted by Crippen LogP contribution is 2.15. The molecule has 92 valence electrons. The van der Waals surface area contributed by atoms with Crippen molar-refractivity contribution < 1.29 is 13.2 Å². The van der Waals surface area contributed by atoms with Gasteiger partial charge in [-0.15, -0.1) is 0 Å². The average molecular weight is 254 g/mol. The van der Waals surface area contributed by atoms with Crippen molar-refractivity contribution in [1.29, 1.82) is 0 Å². The Kier molecular flexibility index (Phi) is 5.03. The van der Waals surface area contributed by atoms with Crippen LogP contribution in [0, 0.1) is 0 Å². The van der Waals surface area contributed by atoms with Crippen molar-refractivity contribution in [2.45, 2.75) is 24.7 Å². The van der Waals surface area contributed by atoms with Crippen LogP contribution in [0.15, 0.2) is 34.2 Å². The van der Waals surface area contributed by atoms with E-state index >= 15 is 0 Å². The Bertz CT molecular complexity index is 502. The van der Waals surface area contributed by atoms with E-state index in [-0.39, 0.29) is 4.90 Å². The molecule has 0 saturated heterocycles. The lowest BCUT2D eigenvalue weighted by Gasteiger charge is -2.05. The summed E-state index contributed by atoms with van der Waals surface area (Å²) in [5, 5.41) is 0. The molecule has 1 aromatic rings. The summed E-state index contributed by atoms with van der Waals surface area (Å²) in [7, 11) is -3.45. The van der Waals surface area contributed by atoms with Crippen LogP contribution in [0.4, 0.5) is 5.69 Å². The largest absolute Gasteiger partial charge is 0.240 e. The third kappa shape index (κ3) is 4.11. The number of nitrogens with zero attached hydrogens (tertiary/aromatic N) is 1. The Morgan fingerprint density at radius 1 is 1.29 bits per heavy atom. The van der Waals surface area contributed by atoms with Crippen molar-refractivity contribution in [3.05, 3.63) is 24.3 Å². The molecule has 0 aliphatic heterocycles. The molecule has 0 unspecified atom stereocenters. The van der Waals surface area contributed by atoms with Gasteiger partial charge in [0.25, 0.3) is 0 Å². The van der Waals surface area contributed by atoms with E-state index in [1.165, 1.54) is 30.3 Å². The molecule has 1 rings (SSSR count). The number of unbranched alkanes of at least 4 members (excludes halogenated alkanes) is 1. The second-order valence-corrected chi connectivity index (χ2v) is 5.22. The number of hydrogen-bond donors (Lipinski definition) is 1. The Morgan fingerprint density at radius 2 is 1.94 bits per heavy atom. The van der Waals surface area contributed by atoms with E-state index in [1.807, 2.05) is 6.92 Å². The SMILES string of the molecule is CCCCNS(=O)(=O)c1ccc(N=C=O)cc1. The van der Waals surface area contributed by atoms with Gasteiger partial charge in [-0.1, -0.05) is 13.3 Å². The van der Waals surface area contributed by atoms with Gasteiger partial charge in [0.15, 0.2) is 0 Å². The highest BCUT2D eigenvalue weighted by Gasteiger charge is 2.12. The van der Waals surface area contributed by atoms with Gasteiger partial charge in [-0.2, -0.15) is 4.99 Å². The molecular formula is C11H14N2O3S. The second kappa shape index (κ2) is 6.30. The number of nitrogens with one attached hydrogen (secondary N) is 1. The highest BCUT2D eigenvalue weighted by molar-refractivity contribution is 7.89. The Labute approximate surface area is 101 Å². The van der Waals surface area contributed by atoms with Crippen molar-refractivity contribution in [3.8, 4) is 0 Å². The summed E-state index contributed by atoms with van der Waals surface area (Å²) in [6, 6.07) is 5.73. The minimum atomic E-state index is -3.45. The molecular weight excluding hydrogens is 240 g/mol. The number of benzene rings is 1. The fourth-order valence-electron chi connectivity index (χ4n) is 1.22. The van der Waals surface area contributed by atoms with Crippen LogP contribution < -0.4 is 4.72 Å². The van der Waals surface area contributed by atoms with Gasteiger partial charge in [-0.3, -0.25) is 0 Å². The summed E-state index contributed by atoms with van der Waals surface area (Å²) in [5.41, 5.74) is 0.382. The van der Waals surface area contributed by atoms with Crippen LogP contribution in [-0.4, -0.2) is 21.0 Å². The van der Waals surface area contributed by atoms with Crippen molar-refractivity contribution in [2.75, 3.05) is 6.54 Å². The van der Waals surface area contributed by atoms with E-state index in [4.69, 9.17) is 0 Å². The maximum absolute atomic E-state index is 11.8. The summed E-state index contributed by atoms with van der Waals surface area (Å²) in [6.07, 6.45) is 3.12. The number of sulfonamides is 1. The Hall–Kier alpha value is -1.49. The molecule has 1 N–H and O–H groups in total. The topological polar surface area (TPSA) is 75.6 Å². The summed E-state index contributed by atoms with van der Waals surface area (Å²) in [5.74, 6) is 0. The number of carbonyl (C=O) groups excluding carboxylic acids is 1. The van der Waals surface area contributed by atoms with Gasteiger partial charge >= 0.3 is 0 Å². The molecule has 0 saturated carbocycles. The first-order valence-electron chi connectivity index (χ1n) is 5.27. The molecule has 0 atom stereocenters. The standard InChI is InChI=1S/C11H14N2O3S/c1-2-3-8-13-17(15,16)11-6-4-10(5-7-11)12-9-14/h4-7,13H,2-3,8H2,1H3. The zero-order valence-corrected chi connectivity index (χ0v) is 10.3. The number of isocyanates is 1. The number of aliphatic imine (C=N–C) groups is 1. The summed E-state index contributed by atoms with van der Waals surface area (Å²) in [6.45, 7) is 2.41. The fraction of sp³-hybridized carbons (Fsp3) is 0.364. The van der Waals surface area contributed by atoms with Crippen LogP contribution in [0.25, 0.3) is 0 Å². The highest BCUT2D eigenvalue weighted by atomic mass is 32.2. The maximum Gasteiger partial charge on any atom is 0.240 e. The van der Waals surface area contributed by atoms with Crippen molar-refractivity contribution in [3.63, 3.8) is 0 Å². The number of hydrogen-bond acceptors (Lipinski definition) is 4. The first-order valence-corrected chi connectivity index (χ1v) is 6.76. The predicted molar refractivity (Wildman–Crippen MR) is 64.3 cm³/mol. The molecule has 0 radical (unpaired) electrons. The van der Waals surface area contributed by atoms with Crippen LogP contribution in [0.2, 0.25) is 0 Å². The molecule has 0 amide bonds. The summed E-state index contributed by atoms with van der Waals surface area (Å²) >= 11 is 0. The smallest absolute Gasteiger partial charge is 0.211 e. The Balaban J connectivity index is 2.81. The summed E-state index contributed by atoms with van der Waals surface area (Å²) < 4.78 is 26.0. The minimum Gasteiger partial charge on any atom is -0.211 e. The van der Waals surface area contributed by atoms with Crippen molar-refractivity contribution in [2.24, 2.45) is 4.99 Å². The van der Waals surface area contributed by atoms with Gasteiger partial charge in [-0.25, -0.2) is 17.9 Å². The van der Waals surface area contributed by atoms with Gasteiger partial charge in [0.1, 0.15) is 0 Å². The van der Waals surface area contributed by atoms with E-state index in [9.17, 15) is 13.2 Å². The first-order chi connectivity index (χ1) is 8.10. The van der Waals surface area contributed by atoms with Gasteiger partial charge in [0.2, 0.25) is 16.1 Å². The van der Waals surface area contributed by atoms with Crippen LogP contribution in [0.3, 0.4) is 0 Å². The van der Waals surface area contributed by atoms with Gasteiger partial charge in [0.05, 0.1) is 10.6 Å². The lowest BCUT2D eigenvalue weighted by atomic mass is 10.3. The fourth-order valence-corrected chi connectivity index (χ4v) is 2.29. The first kappa shape index (κ1) is 13.6. The van der Waals surface area contributed by atoms with Gasteiger partial charge < -0.3 is 0 Å². The molecule has 0 fully saturated rings. The van der Waals surface area contributed by atoms with Crippen molar-refractivity contribution in [1.82, 2.24) is 4.72 Å². The van der Waals surface area contributed by atoms with Crippen molar-refractivity contribution >= 4 is 21.8 Å². The van der Waals surface area contributed by atoms with Crippen LogP contribution in [0.1, 0.15) is 19.8 Å². The molecule has 0 heterocycles. The third-order valence-corrected chi connectivity index (χ3v) is 3.62. The molecule has 5 nitrogen and oxygen atoms in total. The molecule has 0 aromatic heterocycles. The zero-order chi connectivity index (χ0) is 12.7. The lowest BCUT2D eigenvalue weighted by molar-refractivity contribution is 0.565. The van der Waals surface area contributed by atoms with E-state index in [1.54, 1.807) is 0 Å². The van der Waals surface area contributed by atoms with Crippen LogP contribution >= 0.6 is 0 Å². The maximum atomic E-state index is 11.8. The second-order valence-electron chi connectivity index (χ2n) is 3.45. The molecule has 17 heavy (non-hydrogen) atoms. The van der Waals surface area contributed by atoms with Crippen LogP contribution in [0.5, 0.6) is 0 Å². The third-order valence-electron chi connectivity index (χ3n) is 2.14. The van der Waals surface area contributed by atoms with Crippen LogP contribution in [-0.2, 0) is 14.8 Å². The van der Waals surface area contributed by atoms with Gasteiger partial charge in [0, 0.05) is 6.54 Å². The zero-order valence-electron chi connectivity index (χ0n) is 9.51. The monoisotopic (exact) mass is 254 g/mol. The molecule has 0 aliphatic carbocycles. The summed E-state index contributed by atoms with van der Waals surface area (Å²) in [4.78, 5) is 13.6. The minimum absolute atomic E-state index is 0.165. The molecule has 0 aliphatic rings. The number of rotatable bonds is 6. The quantitative estimate of drug-likeness (QED) is 0.477. The van der Waals surface area contributed by atoms with E-state index in [0.29, 0.717) is 12.2 Å². The van der Waals surface area contributed by atoms with E-state index in [0.717, 1.165) is 12.8 Å². The van der Waals surface area contributed by atoms with Gasteiger partial charge in [-0.05, 0) is 30.7 Å². The molecule has 6 heteroatoms. The average Bonchev–Trinajstić information content (AvgIpc) is 2.30. The molecule has 0 spiro atoms. The lowest BCUT2D eigenvalue weighted by Crippen LogP contribution is -2.24. The Morgan fingerprint density at radius 3 is 2.47 bits per heavy atom. The molecule has 1 aromatic carbocycles. The normalized spacial score (nSPS) is 10.9. The predicted octanol–water partition coefficient (Wildman–Crippen LogP) is 1.73. The van der Waals surface area contributed by atoms with E-state index in [2.05, 4.69) is 9.71 Å². The van der Waals surface area contributed by atoms with E-state index < -0.39 is 10.0 Å².